The zero-order valence-corrected chi connectivity index (χ0v) is 9.59. The van der Waals surface area contributed by atoms with Gasteiger partial charge in [0.05, 0.1) is 11.9 Å². The van der Waals surface area contributed by atoms with E-state index in [0.717, 1.165) is 12.2 Å². The van der Waals surface area contributed by atoms with E-state index < -0.39 is 0 Å². The lowest BCUT2D eigenvalue weighted by molar-refractivity contribution is 0.586. The van der Waals surface area contributed by atoms with Gasteiger partial charge in [-0.05, 0) is 17.7 Å². The van der Waals surface area contributed by atoms with Crippen LogP contribution in [0.4, 0.5) is 0 Å². The van der Waals surface area contributed by atoms with Crippen LogP contribution in [0.1, 0.15) is 19.4 Å². The Morgan fingerprint density at radius 3 is 2.94 bits per heavy atom. The van der Waals surface area contributed by atoms with E-state index >= 15 is 0 Å². The zero-order chi connectivity index (χ0) is 11.4. The predicted octanol–water partition coefficient (Wildman–Crippen LogP) is 1.77. The molecule has 2 rings (SSSR count). The summed E-state index contributed by atoms with van der Waals surface area (Å²) in [5.74, 6) is 0. The third-order valence-corrected chi connectivity index (χ3v) is 2.34. The Hall–Kier alpha value is -1.68. The van der Waals surface area contributed by atoms with E-state index in [1.54, 1.807) is 6.20 Å². The highest BCUT2D eigenvalue weighted by molar-refractivity contribution is 5.37. The Labute approximate surface area is 95.3 Å². The lowest BCUT2D eigenvalue weighted by atomic mass is 10.2. The van der Waals surface area contributed by atoms with Gasteiger partial charge in [-0.15, -0.1) is 0 Å². The molecule has 0 saturated carbocycles. The van der Waals surface area contributed by atoms with Crippen molar-refractivity contribution in [1.82, 2.24) is 20.1 Å². The van der Waals surface area contributed by atoms with Crippen LogP contribution in [0, 0.1) is 0 Å². The minimum atomic E-state index is 0.471. The Morgan fingerprint density at radius 1 is 1.38 bits per heavy atom. The van der Waals surface area contributed by atoms with Gasteiger partial charge in [0.1, 0.15) is 0 Å². The molecule has 0 radical (unpaired) electrons. The van der Waals surface area contributed by atoms with Crippen molar-refractivity contribution in [3.63, 3.8) is 0 Å². The maximum absolute atomic E-state index is 4.22. The molecular formula is C12H16N4. The fourth-order valence-corrected chi connectivity index (χ4v) is 1.50. The summed E-state index contributed by atoms with van der Waals surface area (Å²) in [6.07, 6.45) is 7.34. The molecule has 0 atom stereocenters. The fourth-order valence-electron chi connectivity index (χ4n) is 1.50. The first-order valence-electron chi connectivity index (χ1n) is 5.43. The van der Waals surface area contributed by atoms with E-state index in [4.69, 9.17) is 0 Å². The Kier molecular flexibility index (Phi) is 3.31. The molecule has 4 heteroatoms. The molecule has 2 heterocycles. The molecule has 0 saturated heterocycles. The third-order valence-electron chi connectivity index (χ3n) is 2.34. The number of nitrogens with zero attached hydrogens (tertiary/aromatic N) is 3. The van der Waals surface area contributed by atoms with Crippen molar-refractivity contribution >= 4 is 0 Å². The summed E-state index contributed by atoms with van der Waals surface area (Å²) in [4.78, 5) is 4.14. The summed E-state index contributed by atoms with van der Waals surface area (Å²) in [5.41, 5.74) is 2.23. The SMILES string of the molecule is CC(C)NCc1ccncc1-n1cccn1. The molecular weight excluding hydrogens is 200 g/mol. The Bertz CT molecular complexity index is 434. The van der Waals surface area contributed by atoms with Gasteiger partial charge >= 0.3 is 0 Å². The molecule has 84 valence electrons. The van der Waals surface area contributed by atoms with Crippen molar-refractivity contribution in [2.45, 2.75) is 26.4 Å². The normalized spacial score (nSPS) is 10.9. The van der Waals surface area contributed by atoms with E-state index in [0.29, 0.717) is 6.04 Å². The molecule has 0 aliphatic carbocycles. The van der Waals surface area contributed by atoms with Crippen molar-refractivity contribution in [2.24, 2.45) is 0 Å². The number of hydrogen-bond donors (Lipinski definition) is 1. The van der Waals surface area contributed by atoms with E-state index in [9.17, 15) is 0 Å². The van der Waals surface area contributed by atoms with Gasteiger partial charge in [0.25, 0.3) is 0 Å². The van der Waals surface area contributed by atoms with Crippen LogP contribution in [0.3, 0.4) is 0 Å². The number of rotatable bonds is 4. The van der Waals surface area contributed by atoms with Gasteiger partial charge in [-0.1, -0.05) is 13.8 Å². The molecule has 2 aromatic rings. The molecule has 0 aromatic carbocycles. The first-order valence-corrected chi connectivity index (χ1v) is 5.43. The maximum atomic E-state index is 4.22. The van der Waals surface area contributed by atoms with E-state index in [2.05, 4.69) is 29.2 Å². The van der Waals surface area contributed by atoms with Crippen LogP contribution < -0.4 is 5.32 Å². The maximum Gasteiger partial charge on any atom is 0.0873 e. The van der Waals surface area contributed by atoms with Crippen molar-refractivity contribution < 1.29 is 0 Å². The van der Waals surface area contributed by atoms with Gasteiger partial charge in [-0.25, -0.2) is 4.68 Å². The largest absolute Gasteiger partial charge is 0.310 e. The monoisotopic (exact) mass is 216 g/mol. The summed E-state index contributed by atoms with van der Waals surface area (Å²) in [6, 6.07) is 4.40. The minimum absolute atomic E-state index is 0.471. The predicted molar refractivity (Wildman–Crippen MR) is 63.3 cm³/mol. The number of pyridine rings is 1. The van der Waals surface area contributed by atoms with Crippen LogP contribution in [0.25, 0.3) is 5.69 Å². The second kappa shape index (κ2) is 4.90. The number of nitrogens with one attached hydrogen (secondary N) is 1. The van der Waals surface area contributed by atoms with Gasteiger partial charge in [-0.2, -0.15) is 5.10 Å². The van der Waals surface area contributed by atoms with Gasteiger partial charge < -0.3 is 5.32 Å². The highest BCUT2D eigenvalue weighted by Crippen LogP contribution is 2.11. The second-order valence-electron chi connectivity index (χ2n) is 3.99. The van der Waals surface area contributed by atoms with Gasteiger partial charge in [0, 0.05) is 31.2 Å². The first kappa shape index (κ1) is 10.8. The lowest BCUT2D eigenvalue weighted by Crippen LogP contribution is -2.22. The van der Waals surface area contributed by atoms with E-state index in [1.807, 2.05) is 35.4 Å². The van der Waals surface area contributed by atoms with Crippen LogP contribution >= 0.6 is 0 Å². The first-order chi connectivity index (χ1) is 7.77. The Morgan fingerprint density at radius 2 is 2.25 bits per heavy atom. The summed E-state index contributed by atoms with van der Waals surface area (Å²) in [6.45, 7) is 5.10. The quantitative estimate of drug-likeness (QED) is 0.847. The van der Waals surface area contributed by atoms with Crippen LogP contribution in [0.5, 0.6) is 0 Å². The zero-order valence-electron chi connectivity index (χ0n) is 9.59. The Balaban J connectivity index is 2.24. The molecule has 0 spiro atoms. The number of hydrogen-bond acceptors (Lipinski definition) is 3. The number of aromatic nitrogens is 3. The molecule has 4 nitrogen and oxygen atoms in total. The minimum Gasteiger partial charge on any atom is -0.310 e. The van der Waals surface area contributed by atoms with Crippen LogP contribution in [0.2, 0.25) is 0 Å². The molecule has 0 unspecified atom stereocenters. The molecule has 0 aliphatic rings. The van der Waals surface area contributed by atoms with E-state index in [-0.39, 0.29) is 0 Å². The molecule has 2 aromatic heterocycles. The average molecular weight is 216 g/mol. The van der Waals surface area contributed by atoms with Crippen molar-refractivity contribution in [1.29, 1.82) is 0 Å². The molecule has 0 aliphatic heterocycles. The smallest absolute Gasteiger partial charge is 0.0873 e. The highest BCUT2D eigenvalue weighted by atomic mass is 15.3. The lowest BCUT2D eigenvalue weighted by Gasteiger charge is -2.11. The molecule has 0 bridgehead atoms. The van der Waals surface area contributed by atoms with Crippen LogP contribution in [-0.4, -0.2) is 20.8 Å². The van der Waals surface area contributed by atoms with E-state index in [1.165, 1.54) is 5.56 Å². The van der Waals surface area contributed by atoms with Crippen LogP contribution in [-0.2, 0) is 6.54 Å². The van der Waals surface area contributed by atoms with Crippen molar-refractivity contribution in [3.8, 4) is 5.69 Å². The van der Waals surface area contributed by atoms with Crippen LogP contribution in [0.15, 0.2) is 36.9 Å². The van der Waals surface area contributed by atoms with Gasteiger partial charge in [0.15, 0.2) is 0 Å². The standard InChI is InChI=1S/C12H16N4/c1-10(2)14-8-11-4-6-13-9-12(11)16-7-3-5-15-16/h3-7,9-10,14H,8H2,1-2H3. The second-order valence-corrected chi connectivity index (χ2v) is 3.99. The molecule has 16 heavy (non-hydrogen) atoms. The third kappa shape index (κ3) is 2.46. The summed E-state index contributed by atoms with van der Waals surface area (Å²) in [5, 5.41) is 7.62. The average Bonchev–Trinajstić information content (AvgIpc) is 2.80. The van der Waals surface area contributed by atoms with Gasteiger partial charge in [0.2, 0.25) is 0 Å². The summed E-state index contributed by atoms with van der Waals surface area (Å²) in [7, 11) is 0. The van der Waals surface area contributed by atoms with Crippen molar-refractivity contribution in [2.75, 3.05) is 0 Å². The topological polar surface area (TPSA) is 42.7 Å². The molecule has 0 amide bonds. The molecule has 0 fully saturated rings. The highest BCUT2D eigenvalue weighted by Gasteiger charge is 2.04. The van der Waals surface area contributed by atoms with Gasteiger partial charge in [-0.3, -0.25) is 4.98 Å². The fraction of sp³-hybridized carbons (Fsp3) is 0.333. The summed E-state index contributed by atoms with van der Waals surface area (Å²) >= 11 is 0. The van der Waals surface area contributed by atoms with Crippen molar-refractivity contribution in [3.05, 3.63) is 42.5 Å². The molecule has 1 N–H and O–H groups in total. The summed E-state index contributed by atoms with van der Waals surface area (Å²) < 4.78 is 1.84.